The first kappa shape index (κ1) is 21.9. The zero-order valence-electron chi connectivity index (χ0n) is 17.8. The van der Waals surface area contributed by atoms with Crippen molar-refractivity contribution in [2.45, 2.75) is 33.7 Å². The molecule has 30 heavy (non-hydrogen) atoms. The van der Waals surface area contributed by atoms with Crippen molar-refractivity contribution in [1.82, 2.24) is 10.3 Å². The van der Waals surface area contributed by atoms with Crippen molar-refractivity contribution in [3.8, 4) is 5.75 Å². The molecule has 3 aromatic rings. The fraction of sp³-hybridized carbons (Fsp3) is 0.333. The molecule has 0 saturated carbocycles. The van der Waals surface area contributed by atoms with Crippen molar-refractivity contribution >= 4 is 34.1 Å². The number of carbonyl (C=O) groups is 1. The lowest BCUT2D eigenvalue weighted by Crippen LogP contribution is -2.32. The second-order valence-electron chi connectivity index (χ2n) is 7.56. The van der Waals surface area contributed by atoms with Crippen LogP contribution >= 0.6 is 11.6 Å². The van der Waals surface area contributed by atoms with Crippen LogP contribution in [0.3, 0.4) is 0 Å². The highest BCUT2D eigenvalue weighted by Crippen LogP contribution is 2.38. The van der Waals surface area contributed by atoms with Crippen molar-refractivity contribution in [3.63, 3.8) is 0 Å². The van der Waals surface area contributed by atoms with Crippen molar-refractivity contribution in [3.05, 3.63) is 64.8 Å². The van der Waals surface area contributed by atoms with Crippen LogP contribution in [-0.2, 0) is 4.79 Å². The van der Waals surface area contributed by atoms with E-state index in [1.54, 1.807) is 18.3 Å². The molecule has 0 aliphatic rings. The van der Waals surface area contributed by atoms with Crippen LogP contribution in [0.1, 0.15) is 44.9 Å². The number of phenols is 1. The van der Waals surface area contributed by atoms with Crippen LogP contribution < -0.4 is 10.2 Å². The number of halogens is 1. The maximum absolute atomic E-state index is 12.6. The quantitative estimate of drug-likeness (QED) is 0.539. The molecule has 1 unspecified atom stereocenters. The lowest BCUT2D eigenvalue weighted by atomic mass is 9.95. The fourth-order valence-corrected chi connectivity index (χ4v) is 3.81. The Morgan fingerprint density at radius 1 is 1.17 bits per heavy atom. The van der Waals surface area contributed by atoms with E-state index in [0.29, 0.717) is 21.5 Å². The van der Waals surface area contributed by atoms with E-state index in [1.807, 2.05) is 44.2 Å². The van der Waals surface area contributed by atoms with Gasteiger partial charge in [-0.05, 0) is 49.7 Å². The molecule has 0 saturated heterocycles. The zero-order chi connectivity index (χ0) is 21.8. The molecule has 0 fully saturated rings. The number of anilines is 1. The predicted molar refractivity (Wildman–Crippen MR) is 123 cm³/mol. The summed E-state index contributed by atoms with van der Waals surface area (Å²) in [6, 6.07) is 12.8. The molecule has 1 heterocycles. The summed E-state index contributed by atoms with van der Waals surface area (Å²) in [5.74, 6) is -0.278. The third-order valence-electron chi connectivity index (χ3n) is 5.32. The van der Waals surface area contributed by atoms with Crippen LogP contribution in [0.15, 0.2) is 48.7 Å². The molecule has 0 radical (unpaired) electrons. The van der Waals surface area contributed by atoms with Gasteiger partial charge in [0.25, 0.3) is 0 Å². The lowest BCUT2D eigenvalue weighted by molar-refractivity contribution is -0.124. The summed E-state index contributed by atoms with van der Waals surface area (Å²) in [6.45, 7) is 9.73. The normalized spacial score (nSPS) is 12.2. The van der Waals surface area contributed by atoms with Crippen LogP contribution in [0.5, 0.6) is 5.75 Å². The summed E-state index contributed by atoms with van der Waals surface area (Å²) in [7, 11) is 0. The minimum atomic E-state index is -0.547. The van der Waals surface area contributed by atoms with Gasteiger partial charge in [-0.1, -0.05) is 37.6 Å². The molecule has 0 bridgehead atoms. The van der Waals surface area contributed by atoms with Gasteiger partial charge in [0.15, 0.2) is 0 Å². The Morgan fingerprint density at radius 3 is 2.43 bits per heavy atom. The van der Waals surface area contributed by atoms with Gasteiger partial charge in [0, 0.05) is 41.8 Å². The van der Waals surface area contributed by atoms with Crippen molar-refractivity contribution in [2.75, 3.05) is 18.0 Å². The molecular weight excluding hydrogens is 398 g/mol. The first-order valence-corrected chi connectivity index (χ1v) is 10.7. The van der Waals surface area contributed by atoms with Gasteiger partial charge >= 0.3 is 0 Å². The number of pyridine rings is 1. The number of hydrogen-bond acceptors (Lipinski definition) is 4. The predicted octanol–water partition coefficient (Wildman–Crippen LogP) is 5.30. The van der Waals surface area contributed by atoms with Crippen LogP contribution in [0.4, 0.5) is 5.69 Å². The van der Waals surface area contributed by atoms with Crippen LogP contribution in [0.25, 0.3) is 10.9 Å². The summed E-state index contributed by atoms with van der Waals surface area (Å²) in [5, 5.41) is 15.2. The van der Waals surface area contributed by atoms with Gasteiger partial charge in [-0.15, -0.1) is 0 Å². The van der Waals surface area contributed by atoms with Crippen LogP contribution in [-0.4, -0.2) is 29.1 Å². The maximum atomic E-state index is 12.6. The molecule has 2 aromatic carbocycles. The summed E-state index contributed by atoms with van der Waals surface area (Å²) < 4.78 is 0. The molecule has 0 aliphatic carbocycles. The molecule has 0 spiro atoms. The van der Waals surface area contributed by atoms with Gasteiger partial charge in [0.2, 0.25) is 5.91 Å². The maximum Gasteiger partial charge on any atom is 0.223 e. The number of aromatic nitrogens is 1. The third kappa shape index (κ3) is 4.36. The van der Waals surface area contributed by atoms with Gasteiger partial charge in [-0.25, -0.2) is 0 Å². The minimum absolute atomic E-state index is 0.0249. The first-order valence-electron chi connectivity index (χ1n) is 10.3. The number of aromatic hydroxyl groups is 1. The Bertz CT molecular complexity index is 1030. The second kappa shape index (κ2) is 9.35. The molecule has 0 aliphatic heterocycles. The lowest BCUT2D eigenvalue weighted by Gasteiger charge is -2.25. The summed E-state index contributed by atoms with van der Waals surface area (Å²) >= 11 is 6.50. The number of fused-ring (bicyclic) bond motifs is 1. The van der Waals surface area contributed by atoms with E-state index in [1.165, 1.54) is 0 Å². The molecule has 5 nitrogen and oxygen atoms in total. The van der Waals surface area contributed by atoms with Gasteiger partial charge in [-0.2, -0.15) is 0 Å². The van der Waals surface area contributed by atoms with Crippen LogP contribution in [0.2, 0.25) is 5.02 Å². The SMILES string of the molecule is CCN(CC)c1ccc(C(NC(=O)C(C)C)c2cc(Cl)c3cccnc3c2O)cc1. The van der Waals surface area contributed by atoms with Crippen molar-refractivity contribution < 1.29 is 9.90 Å². The minimum Gasteiger partial charge on any atom is -0.505 e. The van der Waals surface area contributed by atoms with E-state index >= 15 is 0 Å². The number of carbonyl (C=O) groups excluding carboxylic acids is 1. The van der Waals surface area contributed by atoms with Gasteiger partial charge < -0.3 is 15.3 Å². The zero-order valence-corrected chi connectivity index (χ0v) is 18.6. The number of nitrogens with zero attached hydrogens (tertiary/aromatic N) is 2. The van der Waals surface area contributed by atoms with Gasteiger partial charge in [0.05, 0.1) is 11.1 Å². The third-order valence-corrected chi connectivity index (χ3v) is 5.63. The smallest absolute Gasteiger partial charge is 0.223 e. The average Bonchev–Trinajstić information content (AvgIpc) is 2.76. The molecule has 6 heteroatoms. The Hall–Kier alpha value is -2.79. The Labute approximate surface area is 182 Å². The molecular formula is C24H28ClN3O2. The largest absolute Gasteiger partial charge is 0.505 e. The molecule has 158 valence electrons. The molecule has 3 rings (SSSR count). The van der Waals surface area contributed by atoms with E-state index in [-0.39, 0.29) is 17.6 Å². The van der Waals surface area contributed by atoms with Crippen molar-refractivity contribution in [1.29, 1.82) is 0 Å². The van der Waals surface area contributed by atoms with E-state index < -0.39 is 6.04 Å². The second-order valence-corrected chi connectivity index (χ2v) is 7.96. The molecule has 2 N–H and O–H groups in total. The summed E-state index contributed by atoms with van der Waals surface area (Å²) in [6.07, 6.45) is 1.61. The topological polar surface area (TPSA) is 65.5 Å². The fourth-order valence-electron chi connectivity index (χ4n) is 3.54. The monoisotopic (exact) mass is 425 g/mol. The number of amides is 1. The number of nitrogens with one attached hydrogen (secondary N) is 1. The Kier molecular flexibility index (Phi) is 6.83. The standard InChI is InChI=1S/C24H28ClN3O2/c1-5-28(6-2)17-11-9-16(10-12-17)21(27-24(30)15(3)4)19-14-20(25)18-8-7-13-26-22(18)23(19)29/h7-15,21,29H,5-6H2,1-4H3,(H,27,30). The summed E-state index contributed by atoms with van der Waals surface area (Å²) in [4.78, 5) is 19.1. The van der Waals surface area contributed by atoms with E-state index in [0.717, 1.165) is 24.3 Å². The highest BCUT2D eigenvalue weighted by molar-refractivity contribution is 6.35. The van der Waals surface area contributed by atoms with Gasteiger partial charge in [0.1, 0.15) is 11.3 Å². The van der Waals surface area contributed by atoms with E-state index in [2.05, 4.69) is 29.0 Å². The number of benzene rings is 2. The number of hydrogen-bond donors (Lipinski definition) is 2. The molecule has 1 aromatic heterocycles. The molecule has 1 amide bonds. The number of phenolic OH excluding ortho intramolecular Hbond substituents is 1. The highest BCUT2D eigenvalue weighted by Gasteiger charge is 2.24. The highest BCUT2D eigenvalue weighted by atomic mass is 35.5. The van der Waals surface area contributed by atoms with E-state index in [4.69, 9.17) is 11.6 Å². The van der Waals surface area contributed by atoms with Crippen LogP contribution in [0, 0.1) is 5.92 Å². The van der Waals surface area contributed by atoms with Crippen molar-refractivity contribution in [2.24, 2.45) is 5.92 Å². The number of rotatable bonds is 7. The van der Waals surface area contributed by atoms with E-state index in [9.17, 15) is 9.90 Å². The Balaban J connectivity index is 2.11. The molecule has 1 atom stereocenters. The average molecular weight is 426 g/mol. The summed E-state index contributed by atoms with van der Waals surface area (Å²) in [5.41, 5.74) is 2.92. The Morgan fingerprint density at radius 2 is 1.83 bits per heavy atom. The van der Waals surface area contributed by atoms with Gasteiger partial charge in [-0.3, -0.25) is 9.78 Å². The first-order chi connectivity index (χ1) is 14.4.